The van der Waals surface area contributed by atoms with Crippen molar-refractivity contribution in [2.45, 2.75) is 41.5 Å². The number of hydrogen-bond acceptors (Lipinski definition) is 0. The van der Waals surface area contributed by atoms with Crippen LogP contribution in [0.4, 0.5) is 0 Å². The normalized spacial score (nSPS) is 11.0. The first-order valence-electron chi connectivity index (χ1n) is 12.5. The molecule has 0 heterocycles. The van der Waals surface area contributed by atoms with Crippen molar-refractivity contribution in [2.75, 3.05) is 13.2 Å². The Morgan fingerprint density at radius 3 is 0.765 bits per heavy atom. The van der Waals surface area contributed by atoms with Crippen LogP contribution < -0.4 is 21.9 Å². The van der Waals surface area contributed by atoms with Crippen LogP contribution in [0, 0.1) is 27.7 Å². The quantitative estimate of drug-likeness (QED) is 0.294. The molecule has 0 radical (unpaired) electrons. The lowest BCUT2D eigenvalue weighted by Crippen LogP contribution is -2.74. The predicted octanol–water partition coefficient (Wildman–Crippen LogP) is 4.85. The third kappa shape index (κ3) is 5.69. The molecule has 4 rings (SSSR count). The van der Waals surface area contributed by atoms with Gasteiger partial charge in [-0.25, -0.2) is 0 Å². The first-order valence-corrected chi connectivity index (χ1v) is 12.5. The van der Waals surface area contributed by atoms with Gasteiger partial charge < -0.3 is 4.74 Å². The summed E-state index contributed by atoms with van der Waals surface area (Å²) in [6.07, 6.45) is -1.27. The highest BCUT2D eigenvalue weighted by atomic mass is 16.5. The SMILES string of the molecule is CC[OH+]CC.Cc1ccc([B-](c2ccc(C)cc2)(c2ccc(C)cc2)c2ccc(C)cc2)cc1. The summed E-state index contributed by atoms with van der Waals surface area (Å²) in [5.74, 6) is 0. The highest BCUT2D eigenvalue weighted by Crippen LogP contribution is 2.12. The second-order valence-electron chi connectivity index (χ2n) is 9.36. The molecule has 34 heavy (non-hydrogen) atoms. The van der Waals surface area contributed by atoms with E-state index in [1.54, 1.807) is 0 Å². The van der Waals surface area contributed by atoms with E-state index >= 15 is 0 Å². The summed E-state index contributed by atoms with van der Waals surface area (Å²) >= 11 is 0. The molecule has 0 aliphatic rings. The van der Waals surface area contributed by atoms with E-state index < -0.39 is 6.15 Å². The molecular weight excluding hydrogens is 411 g/mol. The molecule has 0 aliphatic carbocycles. The smallest absolute Gasteiger partial charge is 0.141 e. The second-order valence-corrected chi connectivity index (χ2v) is 9.36. The van der Waals surface area contributed by atoms with Crippen molar-refractivity contribution in [1.29, 1.82) is 0 Å². The second kappa shape index (κ2) is 11.9. The van der Waals surface area contributed by atoms with Crippen molar-refractivity contribution >= 4 is 28.0 Å². The molecule has 4 aromatic carbocycles. The Morgan fingerprint density at radius 2 is 0.618 bits per heavy atom. The number of rotatable bonds is 6. The van der Waals surface area contributed by atoms with Gasteiger partial charge in [0, 0.05) is 13.8 Å². The summed E-state index contributed by atoms with van der Waals surface area (Å²) in [5, 5.41) is 0. The standard InChI is InChI=1S/C28H28B.C4H10O/c1-21-5-13-25(14-6-21)29(26-15-7-22(2)8-16-26,27-17-9-23(3)10-18-27)28-19-11-24(4)12-20-28;1-3-5-4-2/h5-20H,1-4H3;3-4H2,1-2H3/q-1;/p+1. The Morgan fingerprint density at radius 1 is 0.412 bits per heavy atom. The first-order chi connectivity index (χ1) is 16.4. The van der Waals surface area contributed by atoms with E-state index in [9.17, 15) is 0 Å². The maximum Gasteiger partial charge on any atom is 0.141 e. The lowest BCUT2D eigenvalue weighted by Gasteiger charge is -2.44. The molecule has 0 saturated heterocycles. The van der Waals surface area contributed by atoms with Gasteiger partial charge in [0.05, 0.1) is 0 Å². The lowest BCUT2D eigenvalue weighted by molar-refractivity contribution is -0.0178. The molecule has 0 aromatic heterocycles. The Balaban J connectivity index is 0.000000588. The van der Waals surface area contributed by atoms with Crippen LogP contribution in [0.2, 0.25) is 0 Å². The maximum atomic E-state index is 3.97. The van der Waals surface area contributed by atoms with Gasteiger partial charge in [0.1, 0.15) is 19.4 Å². The molecule has 2 heteroatoms. The molecule has 176 valence electrons. The van der Waals surface area contributed by atoms with Crippen molar-refractivity contribution in [3.05, 3.63) is 119 Å². The van der Waals surface area contributed by atoms with Gasteiger partial charge in [0.15, 0.2) is 0 Å². The van der Waals surface area contributed by atoms with E-state index in [-0.39, 0.29) is 0 Å². The fourth-order valence-corrected chi connectivity index (χ4v) is 4.80. The number of hydrogen-bond donors (Lipinski definition) is 0. The van der Waals surface area contributed by atoms with Gasteiger partial charge >= 0.3 is 0 Å². The van der Waals surface area contributed by atoms with E-state index in [1.165, 1.54) is 44.1 Å². The molecule has 1 nitrogen and oxygen atoms in total. The Labute approximate surface area is 206 Å². The van der Waals surface area contributed by atoms with Crippen LogP contribution in [0.5, 0.6) is 0 Å². The van der Waals surface area contributed by atoms with E-state index in [0.29, 0.717) is 0 Å². The summed E-state index contributed by atoms with van der Waals surface area (Å²) in [6.45, 7) is 14.6. The molecule has 0 bridgehead atoms. The van der Waals surface area contributed by atoms with Gasteiger partial charge in [0.2, 0.25) is 0 Å². The molecule has 0 spiro atoms. The zero-order valence-corrected chi connectivity index (χ0v) is 21.7. The Bertz CT molecular complexity index is 952. The van der Waals surface area contributed by atoms with Gasteiger partial charge in [0.25, 0.3) is 0 Å². The number of aliphatic hydroxyl groups is 2. The van der Waals surface area contributed by atoms with Gasteiger partial charge in [-0.1, -0.05) is 119 Å². The van der Waals surface area contributed by atoms with Crippen LogP contribution in [-0.2, 0) is 0 Å². The fourth-order valence-electron chi connectivity index (χ4n) is 4.80. The van der Waals surface area contributed by atoms with E-state index in [2.05, 4.69) is 129 Å². The van der Waals surface area contributed by atoms with Crippen LogP contribution in [0.25, 0.3) is 0 Å². The van der Waals surface area contributed by atoms with Gasteiger partial charge in [-0.05, 0) is 27.7 Å². The molecule has 0 atom stereocenters. The molecule has 0 saturated carbocycles. The molecule has 1 N–H and O–H groups in total. The topological polar surface area (TPSA) is 12.8 Å². The van der Waals surface area contributed by atoms with Crippen LogP contribution in [0.1, 0.15) is 36.1 Å². The molecule has 0 fully saturated rings. The summed E-state index contributed by atoms with van der Waals surface area (Å²) in [4.78, 5) is 0. The Hall–Kier alpha value is -3.10. The summed E-state index contributed by atoms with van der Waals surface area (Å²) < 4.78 is 3.97. The summed E-state index contributed by atoms with van der Waals surface area (Å²) in [7, 11) is 0. The monoisotopic (exact) mass is 450 g/mol. The zero-order valence-electron chi connectivity index (χ0n) is 21.7. The van der Waals surface area contributed by atoms with E-state index in [4.69, 9.17) is 0 Å². The lowest BCUT2D eigenvalue weighted by atomic mass is 9.13. The van der Waals surface area contributed by atoms with E-state index in [1.807, 2.05) is 13.8 Å². The summed E-state index contributed by atoms with van der Waals surface area (Å²) in [6, 6.07) is 36.4. The van der Waals surface area contributed by atoms with Gasteiger partial charge in [-0.2, -0.15) is 21.9 Å². The molecule has 4 aromatic rings. The van der Waals surface area contributed by atoms with Crippen molar-refractivity contribution < 1.29 is 4.74 Å². The van der Waals surface area contributed by atoms with Crippen LogP contribution >= 0.6 is 0 Å². The van der Waals surface area contributed by atoms with Crippen LogP contribution in [0.15, 0.2) is 97.1 Å². The molecule has 0 unspecified atom stereocenters. The van der Waals surface area contributed by atoms with Crippen LogP contribution in [-0.4, -0.2) is 24.1 Å². The van der Waals surface area contributed by atoms with E-state index in [0.717, 1.165) is 13.2 Å². The van der Waals surface area contributed by atoms with Gasteiger partial charge in [-0.3, -0.25) is 0 Å². The summed E-state index contributed by atoms with van der Waals surface area (Å²) in [5.41, 5.74) is 10.6. The minimum atomic E-state index is -1.27. The van der Waals surface area contributed by atoms with Gasteiger partial charge in [-0.15, -0.1) is 0 Å². The predicted molar refractivity (Wildman–Crippen MR) is 152 cm³/mol. The maximum absolute atomic E-state index is 3.97. The van der Waals surface area contributed by atoms with Crippen molar-refractivity contribution in [3.8, 4) is 0 Å². The molecular formula is C32H39BO. The number of benzene rings is 4. The van der Waals surface area contributed by atoms with Crippen molar-refractivity contribution in [1.82, 2.24) is 0 Å². The number of ether oxygens (including phenoxy) is 1. The van der Waals surface area contributed by atoms with Crippen LogP contribution in [0.3, 0.4) is 0 Å². The largest absolute Gasteiger partial charge is 0.434 e. The minimum Gasteiger partial charge on any atom is -0.434 e. The zero-order chi connectivity index (χ0) is 24.6. The first kappa shape index (κ1) is 25.5. The average Bonchev–Trinajstić information content (AvgIpc) is 2.84. The Kier molecular flexibility index (Phi) is 8.90. The molecule has 0 aliphatic heterocycles. The fraction of sp³-hybridized carbons (Fsp3) is 0.250. The third-order valence-electron chi connectivity index (χ3n) is 6.76. The average molecular weight is 450 g/mol. The van der Waals surface area contributed by atoms with Crippen molar-refractivity contribution in [2.24, 2.45) is 0 Å². The minimum absolute atomic E-state index is 0.969. The number of aryl methyl sites for hydroxylation is 4. The third-order valence-corrected chi connectivity index (χ3v) is 6.76. The highest BCUT2D eigenvalue weighted by Gasteiger charge is 2.31. The van der Waals surface area contributed by atoms with Crippen molar-refractivity contribution in [3.63, 3.8) is 0 Å². The molecule has 0 amide bonds. The highest BCUT2D eigenvalue weighted by molar-refractivity contribution is 7.19.